The van der Waals surface area contributed by atoms with Crippen LogP contribution in [0.2, 0.25) is 0 Å². The first-order valence-corrected chi connectivity index (χ1v) is 9.53. The van der Waals surface area contributed by atoms with Crippen LogP contribution in [-0.4, -0.2) is 53.5 Å². The number of benzene rings is 1. The Labute approximate surface area is 159 Å². The third-order valence-corrected chi connectivity index (χ3v) is 4.72. The minimum Gasteiger partial charge on any atom is -0.368 e. The van der Waals surface area contributed by atoms with Gasteiger partial charge in [-0.05, 0) is 30.7 Å². The highest BCUT2D eigenvalue weighted by molar-refractivity contribution is 5.93. The summed E-state index contributed by atoms with van der Waals surface area (Å²) in [7, 11) is 0. The number of aromatic nitrogens is 2. The standard InChI is InChI=1S/C20H26FN5O/c1-2-3-4-9-22-20-23-14-16(15-24-20)19(27)26-12-10-25(11-13-26)18-7-5-17(21)6-8-18/h5-8,14-15H,2-4,9-13H2,1H3,(H,22,23,24). The molecule has 0 radical (unpaired) electrons. The molecule has 1 aromatic heterocycles. The van der Waals surface area contributed by atoms with Crippen LogP contribution in [0.4, 0.5) is 16.0 Å². The van der Waals surface area contributed by atoms with Crippen molar-refractivity contribution in [2.75, 3.05) is 42.9 Å². The van der Waals surface area contributed by atoms with Gasteiger partial charge in [-0.15, -0.1) is 0 Å². The number of piperazine rings is 1. The van der Waals surface area contributed by atoms with Gasteiger partial charge in [0.05, 0.1) is 5.56 Å². The van der Waals surface area contributed by atoms with Gasteiger partial charge in [0.25, 0.3) is 5.91 Å². The molecule has 0 spiro atoms. The van der Waals surface area contributed by atoms with Crippen molar-refractivity contribution in [3.05, 3.63) is 48.0 Å². The minimum atomic E-state index is -0.240. The van der Waals surface area contributed by atoms with E-state index in [2.05, 4.69) is 27.1 Å². The highest BCUT2D eigenvalue weighted by atomic mass is 19.1. The van der Waals surface area contributed by atoms with Crippen LogP contribution in [0, 0.1) is 5.82 Å². The predicted octanol–water partition coefficient (Wildman–Crippen LogP) is 3.18. The Morgan fingerprint density at radius 3 is 2.37 bits per heavy atom. The molecule has 1 aliphatic heterocycles. The van der Waals surface area contributed by atoms with Gasteiger partial charge in [-0.1, -0.05) is 19.8 Å². The Morgan fingerprint density at radius 1 is 1.07 bits per heavy atom. The monoisotopic (exact) mass is 371 g/mol. The zero-order chi connectivity index (χ0) is 19.1. The van der Waals surface area contributed by atoms with E-state index in [9.17, 15) is 9.18 Å². The molecule has 7 heteroatoms. The molecule has 2 aromatic rings. The van der Waals surface area contributed by atoms with Gasteiger partial charge in [-0.2, -0.15) is 0 Å². The molecule has 2 heterocycles. The largest absolute Gasteiger partial charge is 0.368 e. The van der Waals surface area contributed by atoms with Crippen LogP contribution in [-0.2, 0) is 0 Å². The van der Waals surface area contributed by atoms with Crippen LogP contribution in [0.3, 0.4) is 0 Å². The molecule has 1 aromatic carbocycles. The molecule has 144 valence electrons. The highest BCUT2D eigenvalue weighted by Gasteiger charge is 2.22. The van der Waals surface area contributed by atoms with Crippen LogP contribution in [0.25, 0.3) is 0 Å². The lowest BCUT2D eigenvalue weighted by atomic mass is 10.2. The van der Waals surface area contributed by atoms with E-state index in [-0.39, 0.29) is 11.7 Å². The fourth-order valence-corrected chi connectivity index (χ4v) is 3.11. The summed E-state index contributed by atoms with van der Waals surface area (Å²) in [5.41, 5.74) is 1.48. The minimum absolute atomic E-state index is 0.0497. The van der Waals surface area contributed by atoms with E-state index in [0.717, 1.165) is 31.7 Å². The van der Waals surface area contributed by atoms with Crippen LogP contribution >= 0.6 is 0 Å². The number of nitrogens with zero attached hydrogens (tertiary/aromatic N) is 4. The second kappa shape index (κ2) is 9.30. The van der Waals surface area contributed by atoms with E-state index in [1.54, 1.807) is 24.5 Å². The van der Waals surface area contributed by atoms with E-state index in [4.69, 9.17) is 0 Å². The predicted molar refractivity (Wildman–Crippen MR) is 105 cm³/mol. The fraction of sp³-hybridized carbons (Fsp3) is 0.450. The summed E-state index contributed by atoms with van der Waals surface area (Å²) in [6.07, 6.45) is 6.60. The summed E-state index contributed by atoms with van der Waals surface area (Å²) >= 11 is 0. The average molecular weight is 371 g/mol. The van der Waals surface area contributed by atoms with E-state index in [1.165, 1.54) is 25.0 Å². The summed E-state index contributed by atoms with van der Waals surface area (Å²) in [5.74, 6) is 0.269. The molecule has 0 bridgehead atoms. The lowest BCUT2D eigenvalue weighted by Crippen LogP contribution is -2.48. The summed E-state index contributed by atoms with van der Waals surface area (Å²) in [4.78, 5) is 25.1. The van der Waals surface area contributed by atoms with Crippen LogP contribution in [0.1, 0.15) is 36.5 Å². The average Bonchev–Trinajstić information content (AvgIpc) is 2.72. The molecule has 27 heavy (non-hydrogen) atoms. The maximum absolute atomic E-state index is 13.1. The van der Waals surface area contributed by atoms with Gasteiger partial charge in [0.15, 0.2) is 0 Å². The van der Waals surface area contributed by atoms with Crippen molar-refractivity contribution in [3.63, 3.8) is 0 Å². The molecule has 1 aliphatic rings. The van der Waals surface area contributed by atoms with Crippen molar-refractivity contribution in [1.82, 2.24) is 14.9 Å². The number of hydrogen-bond donors (Lipinski definition) is 1. The first kappa shape index (κ1) is 19.1. The lowest BCUT2D eigenvalue weighted by Gasteiger charge is -2.36. The van der Waals surface area contributed by atoms with E-state index < -0.39 is 0 Å². The van der Waals surface area contributed by atoms with Crippen molar-refractivity contribution < 1.29 is 9.18 Å². The summed E-state index contributed by atoms with van der Waals surface area (Å²) < 4.78 is 13.1. The number of nitrogens with one attached hydrogen (secondary N) is 1. The first-order valence-electron chi connectivity index (χ1n) is 9.53. The molecule has 1 saturated heterocycles. The van der Waals surface area contributed by atoms with Crippen molar-refractivity contribution in [2.24, 2.45) is 0 Å². The number of hydrogen-bond acceptors (Lipinski definition) is 5. The Bertz CT molecular complexity index is 727. The molecular weight excluding hydrogens is 345 g/mol. The van der Waals surface area contributed by atoms with Crippen molar-refractivity contribution in [1.29, 1.82) is 0 Å². The zero-order valence-corrected chi connectivity index (χ0v) is 15.7. The van der Waals surface area contributed by atoms with Gasteiger partial charge in [0, 0.05) is 50.8 Å². The van der Waals surface area contributed by atoms with Gasteiger partial charge < -0.3 is 15.1 Å². The van der Waals surface area contributed by atoms with E-state index in [1.807, 2.05) is 4.90 Å². The number of carbonyl (C=O) groups is 1. The Kier molecular flexibility index (Phi) is 6.57. The molecule has 1 fully saturated rings. The van der Waals surface area contributed by atoms with Crippen molar-refractivity contribution in [3.8, 4) is 0 Å². The maximum atomic E-state index is 13.1. The fourth-order valence-electron chi connectivity index (χ4n) is 3.11. The molecule has 3 rings (SSSR count). The number of rotatable bonds is 7. The van der Waals surface area contributed by atoms with Gasteiger partial charge in [0.2, 0.25) is 5.95 Å². The van der Waals surface area contributed by atoms with Gasteiger partial charge >= 0.3 is 0 Å². The summed E-state index contributed by atoms with van der Waals surface area (Å²) in [6.45, 7) is 5.67. The Balaban J connectivity index is 1.50. The number of unbranched alkanes of at least 4 members (excludes halogenated alkanes) is 2. The molecule has 0 aliphatic carbocycles. The second-order valence-corrected chi connectivity index (χ2v) is 6.68. The van der Waals surface area contributed by atoms with E-state index >= 15 is 0 Å². The molecule has 6 nitrogen and oxygen atoms in total. The van der Waals surface area contributed by atoms with Crippen LogP contribution < -0.4 is 10.2 Å². The van der Waals surface area contributed by atoms with Crippen molar-refractivity contribution >= 4 is 17.5 Å². The van der Waals surface area contributed by atoms with E-state index in [0.29, 0.717) is 24.6 Å². The van der Waals surface area contributed by atoms with Crippen LogP contribution in [0.15, 0.2) is 36.7 Å². The Hall–Kier alpha value is -2.70. The third kappa shape index (κ3) is 5.15. The molecular formula is C20H26FN5O. The number of halogens is 1. The molecule has 0 atom stereocenters. The summed E-state index contributed by atoms with van der Waals surface area (Å²) in [5, 5.41) is 3.17. The SMILES string of the molecule is CCCCCNc1ncc(C(=O)N2CCN(c3ccc(F)cc3)CC2)cn1. The molecule has 0 unspecified atom stereocenters. The van der Waals surface area contributed by atoms with Gasteiger partial charge in [-0.3, -0.25) is 4.79 Å². The second-order valence-electron chi connectivity index (χ2n) is 6.68. The highest BCUT2D eigenvalue weighted by Crippen LogP contribution is 2.18. The van der Waals surface area contributed by atoms with Gasteiger partial charge in [-0.25, -0.2) is 14.4 Å². The third-order valence-electron chi connectivity index (χ3n) is 4.72. The number of carbonyl (C=O) groups excluding carboxylic acids is 1. The van der Waals surface area contributed by atoms with Crippen LogP contribution in [0.5, 0.6) is 0 Å². The normalized spacial score (nSPS) is 14.3. The zero-order valence-electron chi connectivity index (χ0n) is 15.7. The number of amides is 1. The molecule has 1 amide bonds. The smallest absolute Gasteiger partial charge is 0.257 e. The van der Waals surface area contributed by atoms with Crippen molar-refractivity contribution in [2.45, 2.75) is 26.2 Å². The number of anilines is 2. The summed E-state index contributed by atoms with van der Waals surface area (Å²) in [6, 6.07) is 6.46. The maximum Gasteiger partial charge on any atom is 0.257 e. The quantitative estimate of drug-likeness (QED) is 0.758. The topological polar surface area (TPSA) is 61.4 Å². The lowest BCUT2D eigenvalue weighted by molar-refractivity contribution is 0.0746. The molecule has 1 N–H and O–H groups in total. The molecule has 0 saturated carbocycles. The first-order chi connectivity index (χ1) is 13.2. The Morgan fingerprint density at radius 2 is 1.74 bits per heavy atom. The van der Waals surface area contributed by atoms with Gasteiger partial charge in [0.1, 0.15) is 5.82 Å².